The molecule has 0 bridgehead atoms. The third-order valence-electron chi connectivity index (χ3n) is 3.80. The predicted molar refractivity (Wildman–Crippen MR) is 104 cm³/mol. The zero-order valence-electron chi connectivity index (χ0n) is 15.0. The topological polar surface area (TPSA) is 147 Å². The minimum atomic E-state index is -0.906. The molecule has 0 unspecified atom stereocenters. The van der Waals surface area contributed by atoms with Crippen LogP contribution in [0.4, 0.5) is 0 Å². The Kier molecular flexibility index (Phi) is 5.54. The zero-order valence-corrected chi connectivity index (χ0v) is 16.5. The summed E-state index contributed by atoms with van der Waals surface area (Å²) in [5.41, 5.74) is -2.06. The van der Waals surface area contributed by atoms with Crippen LogP contribution in [0.2, 0.25) is 10.0 Å². The zero-order chi connectivity index (χ0) is 21.3. The molecular weight excluding hydrogens is 427 g/mol. The molecule has 0 spiro atoms. The number of H-pyrrole nitrogens is 2. The molecule has 0 amide bonds. The highest BCUT2D eigenvalue weighted by Gasteiger charge is 2.16. The lowest BCUT2D eigenvalue weighted by atomic mass is 10.1. The van der Waals surface area contributed by atoms with E-state index in [1.165, 1.54) is 18.2 Å². The number of ether oxygens (including phenoxy) is 1. The molecule has 2 heterocycles. The highest BCUT2D eigenvalue weighted by atomic mass is 35.5. The van der Waals surface area contributed by atoms with Gasteiger partial charge in [0.1, 0.15) is 6.07 Å². The highest BCUT2D eigenvalue weighted by Crippen LogP contribution is 2.37. The summed E-state index contributed by atoms with van der Waals surface area (Å²) in [5, 5.41) is 18.8. The number of halogens is 2. The lowest BCUT2D eigenvalue weighted by Gasteiger charge is -2.12. The van der Waals surface area contributed by atoms with E-state index in [0.29, 0.717) is 5.56 Å². The molecule has 0 atom stereocenters. The Bertz CT molecular complexity index is 1300. The SMILES string of the molecule is CC(C)c1cc(Oc2c(Cl)cc(-n3n[13c]([13C]#[15N])[13c](=O)[nH]c3=O)cc2Cl)n[nH]c1=O. The molecule has 10 nitrogen and oxygen atoms in total. The van der Waals surface area contributed by atoms with E-state index in [1.54, 1.807) is 6.07 Å². The Morgan fingerprint density at radius 1 is 1.14 bits per heavy atom. The first-order chi connectivity index (χ1) is 13.7. The average Bonchev–Trinajstić information content (AvgIpc) is 2.65. The van der Waals surface area contributed by atoms with Crippen molar-refractivity contribution in [2.45, 2.75) is 19.8 Å². The van der Waals surface area contributed by atoms with Crippen LogP contribution in [0.1, 0.15) is 31.0 Å². The minimum absolute atomic E-state index is 0.00463. The lowest BCUT2D eigenvalue weighted by Crippen LogP contribution is -2.33. The summed E-state index contributed by atoms with van der Waals surface area (Å²) >= 11 is 12.5. The molecule has 0 aliphatic rings. The maximum atomic E-state index is 12.0. The van der Waals surface area contributed by atoms with Gasteiger partial charge in [0.2, 0.25) is 11.6 Å². The standard InChI is InChI=1S/C17H12Cl2N6O4/c1-7(2)9-5-13(22-23-15(9)26)29-14-10(18)3-8(4-11(14)19)25-17(28)21-16(27)12(6-20)24-25/h3-5,7H,1-2H3,(H,23,26)(H,21,27,28)/i6+1,12+1,16+1,20+1. The number of rotatable bonds is 4. The fourth-order valence-electron chi connectivity index (χ4n) is 2.40. The Labute approximate surface area is 172 Å². The van der Waals surface area contributed by atoms with E-state index < -0.39 is 16.9 Å². The predicted octanol–water partition coefficient (Wildman–Crippen LogP) is 2.10. The van der Waals surface area contributed by atoms with Gasteiger partial charge in [0.25, 0.3) is 11.1 Å². The molecule has 29 heavy (non-hydrogen) atoms. The van der Waals surface area contributed by atoms with Crippen molar-refractivity contribution in [3.05, 3.63) is 70.7 Å². The van der Waals surface area contributed by atoms with Crippen LogP contribution in [0.5, 0.6) is 11.6 Å². The molecule has 12 heteroatoms. The van der Waals surface area contributed by atoms with Gasteiger partial charge in [-0.05, 0) is 18.1 Å². The van der Waals surface area contributed by atoms with Gasteiger partial charge in [0.05, 0.1) is 15.7 Å². The second kappa shape index (κ2) is 7.90. The normalized spacial score (nSPS) is 10.8. The van der Waals surface area contributed by atoms with Gasteiger partial charge in [-0.25, -0.2) is 9.89 Å². The number of benzene rings is 1. The quantitative estimate of drug-likeness (QED) is 0.468. The fourth-order valence-corrected chi connectivity index (χ4v) is 2.95. The summed E-state index contributed by atoms with van der Waals surface area (Å²) in [6.45, 7) is 3.68. The Hall–Kier alpha value is -3.42. The van der Waals surface area contributed by atoms with E-state index in [9.17, 15) is 14.4 Å². The Morgan fingerprint density at radius 2 is 1.79 bits per heavy atom. The summed E-state index contributed by atoms with van der Waals surface area (Å²) in [6, 6.07) is 5.67. The third-order valence-corrected chi connectivity index (χ3v) is 4.36. The number of hydrogen-bond donors (Lipinski definition) is 2. The van der Waals surface area contributed by atoms with E-state index in [2.05, 4.69) is 15.3 Å². The smallest absolute Gasteiger partial charge is 0.349 e. The number of aromatic amines is 2. The van der Waals surface area contributed by atoms with Crippen LogP contribution < -0.4 is 21.5 Å². The van der Waals surface area contributed by atoms with E-state index in [-0.39, 0.29) is 38.8 Å². The first-order valence-corrected chi connectivity index (χ1v) is 8.87. The number of aromatic nitrogens is 5. The number of nitrogens with one attached hydrogen (secondary N) is 2. The molecule has 1 aromatic carbocycles. The van der Waals surface area contributed by atoms with Gasteiger partial charge in [-0.2, -0.15) is 9.94 Å². The first-order valence-electron chi connectivity index (χ1n) is 8.12. The van der Waals surface area contributed by atoms with Gasteiger partial charge in [0.15, 0.2) is 5.75 Å². The molecule has 0 fully saturated rings. The molecule has 0 aliphatic carbocycles. The maximum absolute atomic E-state index is 12.0. The molecule has 3 rings (SSSR count). The van der Waals surface area contributed by atoms with Gasteiger partial charge >= 0.3 is 5.69 Å². The van der Waals surface area contributed by atoms with Gasteiger partial charge in [-0.1, -0.05) is 37.0 Å². The van der Waals surface area contributed by atoms with Crippen LogP contribution in [0.15, 0.2) is 32.6 Å². The molecule has 148 valence electrons. The molecule has 0 saturated heterocycles. The van der Waals surface area contributed by atoms with E-state index >= 15 is 0 Å². The highest BCUT2D eigenvalue weighted by molar-refractivity contribution is 6.37. The van der Waals surface area contributed by atoms with Crippen molar-refractivity contribution in [3.8, 4) is 23.4 Å². The van der Waals surface area contributed by atoms with Gasteiger partial charge in [-0.15, -0.1) is 10.2 Å². The van der Waals surface area contributed by atoms with Crippen molar-refractivity contribution in [3.63, 3.8) is 0 Å². The molecule has 3 aromatic rings. The van der Waals surface area contributed by atoms with Crippen LogP contribution in [-0.4, -0.2) is 25.0 Å². The Balaban J connectivity index is 2.05. The third kappa shape index (κ3) is 4.06. The van der Waals surface area contributed by atoms with Crippen molar-refractivity contribution >= 4 is 23.2 Å². The van der Waals surface area contributed by atoms with Gasteiger partial charge < -0.3 is 4.74 Å². The van der Waals surface area contributed by atoms with Crippen molar-refractivity contribution in [1.29, 1.82) is 5.26 Å². The summed E-state index contributed by atoms with van der Waals surface area (Å²) < 4.78 is 6.38. The second-order valence-electron chi connectivity index (χ2n) is 6.12. The molecule has 0 aliphatic heterocycles. The van der Waals surface area contributed by atoms with Crippen molar-refractivity contribution in [2.75, 3.05) is 0 Å². The average molecular weight is 439 g/mol. The van der Waals surface area contributed by atoms with E-state index in [1.807, 2.05) is 18.8 Å². The summed E-state index contributed by atoms with van der Waals surface area (Å²) in [5.74, 6) is 0.0326. The molecule has 2 N–H and O–H groups in total. The monoisotopic (exact) mass is 438 g/mol. The Morgan fingerprint density at radius 3 is 2.38 bits per heavy atom. The maximum Gasteiger partial charge on any atom is 0.349 e. The van der Waals surface area contributed by atoms with E-state index in [4.69, 9.17) is 33.2 Å². The van der Waals surface area contributed by atoms with Gasteiger partial charge in [0, 0.05) is 11.6 Å². The van der Waals surface area contributed by atoms with Crippen molar-refractivity contribution in [1.82, 2.24) is 25.0 Å². The van der Waals surface area contributed by atoms with E-state index in [0.717, 1.165) is 4.68 Å². The molecule has 2 aromatic heterocycles. The number of nitriles is 1. The van der Waals surface area contributed by atoms with Gasteiger partial charge in [-0.3, -0.25) is 14.6 Å². The minimum Gasteiger partial charge on any atom is -0.434 e. The summed E-state index contributed by atoms with van der Waals surface area (Å²) in [4.78, 5) is 37.3. The molecular formula is C17H12Cl2N6O4. The van der Waals surface area contributed by atoms with Crippen molar-refractivity contribution < 1.29 is 4.74 Å². The first kappa shape index (κ1) is 20.3. The summed E-state index contributed by atoms with van der Waals surface area (Å²) in [6.07, 6.45) is 0. The fraction of sp³-hybridized carbons (Fsp3) is 0.176. The largest absolute Gasteiger partial charge is 0.434 e. The van der Waals surface area contributed by atoms with Crippen LogP contribution in [0, 0.1) is 11.3 Å². The van der Waals surface area contributed by atoms with Crippen LogP contribution in [-0.2, 0) is 0 Å². The lowest BCUT2D eigenvalue weighted by molar-refractivity contribution is 0.452. The summed E-state index contributed by atoms with van der Waals surface area (Å²) in [7, 11) is 0. The number of hydrogen-bond acceptors (Lipinski definition) is 7. The molecule has 0 radical (unpaired) electrons. The number of nitrogens with zero attached hydrogens (tertiary/aromatic N) is 4. The second-order valence-corrected chi connectivity index (χ2v) is 6.93. The molecule has 0 saturated carbocycles. The van der Waals surface area contributed by atoms with Crippen molar-refractivity contribution in [2.24, 2.45) is 0 Å². The van der Waals surface area contributed by atoms with Crippen LogP contribution in [0.25, 0.3) is 5.69 Å². The van der Waals surface area contributed by atoms with Crippen LogP contribution >= 0.6 is 23.2 Å². The van der Waals surface area contributed by atoms with Crippen LogP contribution in [0.3, 0.4) is 0 Å².